The van der Waals surface area contributed by atoms with Crippen molar-refractivity contribution in [1.29, 1.82) is 5.53 Å². The number of benzene rings is 1. The molecule has 0 radical (unpaired) electrons. The molecular formula is C66H119N9O26. The molecule has 101 heavy (non-hydrogen) atoms. The van der Waals surface area contributed by atoms with Gasteiger partial charge in [-0.15, -0.1) is 0 Å². The van der Waals surface area contributed by atoms with Crippen molar-refractivity contribution >= 4 is 5.91 Å². The molecule has 4 rings (SSSR count). The van der Waals surface area contributed by atoms with Crippen LogP contribution in [-0.2, 0) is 101 Å². The van der Waals surface area contributed by atoms with Crippen molar-refractivity contribution in [1.82, 2.24) is 21.0 Å². The Morgan fingerprint density at radius 3 is 1.33 bits per heavy atom. The van der Waals surface area contributed by atoms with Crippen LogP contribution in [0, 0.1) is 5.53 Å². The summed E-state index contributed by atoms with van der Waals surface area (Å²) in [4.78, 5) is 13.9. The van der Waals surface area contributed by atoms with Crippen molar-refractivity contribution in [3.05, 3.63) is 71.6 Å². The van der Waals surface area contributed by atoms with Crippen molar-refractivity contribution in [3.8, 4) is 0 Å². The third-order valence-electron chi connectivity index (χ3n) is 15.2. The number of aliphatic hydroxyl groups is 6. The molecule has 3 heterocycles. The summed E-state index contributed by atoms with van der Waals surface area (Å²) in [6.07, 6.45) is -0.748. The second kappa shape index (κ2) is 58.7. The van der Waals surface area contributed by atoms with Gasteiger partial charge in [0.1, 0.15) is 47.9 Å². The molecule has 3 aliphatic rings. The Balaban J connectivity index is 1.22. The third kappa shape index (κ3) is 44.1. The van der Waals surface area contributed by atoms with Crippen molar-refractivity contribution in [2.45, 2.75) is 99.2 Å². The molecule has 1 aromatic rings. The van der Waals surface area contributed by atoms with Gasteiger partial charge in [0.05, 0.1) is 241 Å². The van der Waals surface area contributed by atoms with Crippen LogP contribution in [0.25, 0.3) is 0 Å². The summed E-state index contributed by atoms with van der Waals surface area (Å²) in [5.41, 5.74) is 21.2. The maximum atomic E-state index is 13.9. The van der Waals surface area contributed by atoms with E-state index < -0.39 is 60.5 Å². The van der Waals surface area contributed by atoms with Crippen LogP contribution in [-0.4, -0.2) is 346 Å². The van der Waals surface area contributed by atoms with E-state index in [0.717, 1.165) is 5.56 Å². The Hall–Kier alpha value is -4.53. The number of nitrogens with zero attached hydrogens (tertiary/aromatic N) is 2. The van der Waals surface area contributed by atoms with Crippen LogP contribution in [0.2, 0.25) is 0 Å². The Kier molecular flexibility index (Phi) is 51.7. The van der Waals surface area contributed by atoms with E-state index in [2.05, 4.69) is 21.1 Å². The average molecular weight is 1450 g/mol. The van der Waals surface area contributed by atoms with Gasteiger partial charge in [-0.3, -0.25) is 4.79 Å². The molecule has 0 aliphatic carbocycles. The summed E-state index contributed by atoms with van der Waals surface area (Å²) in [6.45, 7) is 9.62. The van der Waals surface area contributed by atoms with Gasteiger partial charge in [-0.1, -0.05) is 30.3 Å². The number of carbonyl (C=O) groups excluding carboxylic acids is 1. The number of hydrazine groups is 1. The maximum Gasteiger partial charge on any atom is 0.220 e. The monoisotopic (exact) mass is 1450 g/mol. The molecule has 1 amide bonds. The number of nitrogens with two attached hydrogens (primary N) is 3. The summed E-state index contributed by atoms with van der Waals surface area (Å²) in [5, 5.41) is 73.7. The van der Waals surface area contributed by atoms with Crippen LogP contribution in [0.5, 0.6) is 0 Å². The van der Waals surface area contributed by atoms with Crippen LogP contribution in [0.4, 0.5) is 0 Å². The predicted octanol–water partition coefficient (Wildman–Crippen LogP) is -2.55. The fraction of sp³-hybridized carbons (Fsp3) is 0.803. The van der Waals surface area contributed by atoms with Crippen molar-refractivity contribution in [3.63, 3.8) is 0 Å². The minimum atomic E-state index is -1.34. The molecule has 16 N–H and O–H groups in total. The number of amides is 1. The normalized spacial score (nSPS) is 22.1. The topological polar surface area (TPSA) is 467 Å². The summed E-state index contributed by atoms with van der Waals surface area (Å²) >= 11 is 0. The lowest BCUT2D eigenvalue weighted by Gasteiger charge is -2.34. The number of aliphatic hydroxyl groups excluding tert-OH is 6. The molecule has 584 valence electrons. The van der Waals surface area contributed by atoms with Crippen molar-refractivity contribution in [2.24, 2.45) is 22.4 Å². The highest BCUT2D eigenvalue weighted by Crippen LogP contribution is 2.18. The molecular weight excluding hydrogens is 1330 g/mol. The Morgan fingerprint density at radius 2 is 0.891 bits per heavy atom. The van der Waals surface area contributed by atoms with E-state index in [-0.39, 0.29) is 96.3 Å². The zero-order valence-corrected chi connectivity index (χ0v) is 58.7. The van der Waals surface area contributed by atoms with E-state index in [0.29, 0.717) is 210 Å². The molecule has 1 aromatic carbocycles. The average Bonchev–Trinajstić information content (AvgIpc) is 0.877. The zero-order valence-electron chi connectivity index (χ0n) is 58.7. The van der Waals surface area contributed by atoms with E-state index in [1.54, 1.807) is 6.20 Å². The minimum absolute atomic E-state index is 0.0570. The van der Waals surface area contributed by atoms with Crippen LogP contribution < -0.4 is 33.3 Å². The summed E-state index contributed by atoms with van der Waals surface area (Å²) in [7, 11) is 0. The highest BCUT2D eigenvalue weighted by atomic mass is 16.6. The quantitative estimate of drug-likeness (QED) is 0.0138. The van der Waals surface area contributed by atoms with E-state index >= 15 is 0 Å². The molecule has 35 heteroatoms. The molecule has 0 bridgehead atoms. The van der Waals surface area contributed by atoms with Gasteiger partial charge in [-0.2, -0.15) is 5.11 Å². The first-order chi connectivity index (χ1) is 49.3. The Bertz CT molecular complexity index is 2290. The van der Waals surface area contributed by atoms with E-state index in [1.807, 2.05) is 30.3 Å². The van der Waals surface area contributed by atoms with Crippen LogP contribution in [0.15, 0.2) is 71.1 Å². The first-order valence-electron chi connectivity index (χ1n) is 34.8. The number of hydrogen-bond acceptors (Lipinski definition) is 34. The number of rotatable bonds is 65. The summed E-state index contributed by atoms with van der Waals surface area (Å²) in [5.74, 6) is 5.92. The standard InChI is InChI=1S/C66H119N9O26/c67-53(39-71-11-18-83-21-24-86-27-30-89-33-36-93-46-59-63(80)56(76)8-15-99-59)43-96-49-66(73-62(79)7-4-14-92-42-52-5-2-1-3-6-52,50-97-44-54(68)41-75(70)13-20-85-23-26-88-29-32-91-35-38-95-48-61-65(82)58(78)10-17-101-61)51-98-45-55(74-69)40-72-12-19-84-22-25-87-28-31-90-34-37-94-47-60-64(81)57(77)9-16-100-60/h1-3,5-6,39-41,56-61,63-65,69,71-72,76-78,80-82H,4,7-38,42-51,67-68,70H2,(H,73,79)/b53-39-,54-41-,55-40-,74-69?/t56-,57-,58-,59-,60-,61-,63-,64-,65-,66?/m1/s1. The van der Waals surface area contributed by atoms with Gasteiger partial charge in [0, 0.05) is 64.5 Å². The summed E-state index contributed by atoms with van der Waals surface area (Å²) in [6, 6.07) is 9.70. The molecule has 0 spiro atoms. The first-order valence-corrected chi connectivity index (χ1v) is 34.8. The smallest absolute Gasteiger partial charge is 0.220 e. The largest absolute Gasteiger partial charge is 0.399 e. The SMILES string of the molecule is N=N/C(=C\NCCOCCOCCOCCOC[C@H]1OCC[C@@H](O)[C@H]1O)COCC(COC/C(N)=C/NCCOCCOCCOCCOC[C@H]1OCC[C@@H](O)[C@H]1O)(COC/C(N)=C/N(N)CCOCCOCCOCCOC[C@H]1OCC[C@@H](O)[C@H]1O)NC(=O)CCCOCc1ccccc1. The third-order valence-corrected chi connectivity index (χ3v) is 15.2. The Morgan fingerprint density at radius 1 is 0.505 bits per heavy atom. The Labute approximate surface area is 593 Å². The van der Waals surface area contributed by atoms with Gasteiger partial charge in [0.15, 0.2) is 0 Å². The molecule has 0 aromatic heterocycles. The zero-order chi connectivity index (χ0) is 72.5. The highest BCUT2D eigenvalue weighted by Gasteiger charge is 2.36. The fourth-order valence-electron chi connectivity index (χ4n) is 9.65. The van der Waals surface area contributed by atoms with Gasteiger partial charge in [0.25, 0.3) is 0 Å². The van der Waals surface area contributed by atoms with Gasteiger partial charge < -0.3 is 153 Å². The lowest BCUT2D eigenvalue weighted by atomic mass is 10.0. The molecule has 3 saturated heterocycles. The number of hydrogen-bond donors (Lipinski definition) is 13. The van der Waals surface area contributed by atoms with E-state index in [4.69, 9.17) is 113 Å². The molecule has 10 atom stereocenters. The van der Waals surface area contributed by atoms with Crippen molar-refractivity contribution < 1.29 is 125 Å². The van der Waals surface area contributed by atoms with Crippen LogP contribution >= 0.6 is 0 Å². The first kappa shape index (κ1) is 88.9. The number of ether oxygens (including phenoxy) is 19. The fourth-order valence-corrected chi connectivity index (χ4v) is 9.65. The maximum absolute atomic E-state index is 13.9. The number of carbonyl (C=O) groups is 1. The second-order valence-electron chi connectivity index (χ2n) is 23.8. The minimum Gasteiger partial charge on any atom is -0.399 e. The molecule has 3 fully saturated rings. The van der Waals surface area contributed by atoms with Crippen LogP contribution in [0.3, 0.4) is 0 Å². The second-order valence-corrected chi connectivity index (χ2v) is 23.8. The summed E-state index contributed by atoms with van der Waals surface area (Å²) < 4.78 is 108. The lowest BCUT2D eigenvalue weighted by Crippen LogP contribution is -2.58. The van der Waals surface area contributed by atoms with E-state index in [9.17, 15) is 35.4 Å². The van der Waals surface area contributed by atoms with Gasteiger partial charge in [0.2, 0.25) is 5.91 Å². The number of nitrogens with one attached hydrogen (secondary N) is 4. The van der Waals surface area contributed by atoms with E-state index in [1.165, 1.54) is 17.4 Å². The highest BCUT2D eigenvalue weighted by molar-refractivity contribution is 5.76. The lowest BCUT2D eigenvalue weighted by molar-refractivity contribution is -0.156. The van der Waals surface area contributed by atoms with Crippen LogP contribution in [0.1, 0.15) is 37.7 Å². The molecule has 35 nitrogen and oxygen atoms in total. The predicted molar refractivity (Wildman–Crippen MR) is 362 cm³/mol. The molecule has 0 saturated carbocycles. The van der Waals surface area contributed by atoms with Gasteiger partial charge in [-0.25, -0.2) is 11.4 Å². The molecule has 3 aliphatic heterocycles. The molecule has 1 unspecified atom stereocenters. The van der Waals surface area contributed by atoms with Gasteiger partial charge >= 0.3 is 0 Å². The van der Waals surface area contributed by atoms with Gasteiger partial charge in [-0.05, 0) is 31.2 Å². The van der Waals surface area contributed by atoms with Crippen molar-refractivity contribution in [2.75, 3.05) is 244 Å².